The van der Waals surface area contributed by atoms with Crippen molar-refractivity contribution in [2.24, 2.45) is 0 Å². The van der Waals surface area contributed by atoms with Crippen LogP contribution in [0.4, 0.5) is 0 Å². The van der Waals surface area contributed by atoms with Gasteiger partial charge in [-0.15, -0.1) is 0 Å². The number of rotatable bonds is 4. The van der Waals surface area contributed by atoms with E-state index in [4.69, 9.17) is 0 Å². The van der Waals surface area contributed by atoms with Gasteiger partial charge in [0.05, 0.1) is 16.6 Å². The highest BCUT2D eigenvalue weighted by Gasteiger charge is 2.28. The average molecular weight is 577 g/mol. The Morgan fingerprint density at radius 3 is 1.56 bits per heavy atom. The van der Waals surface area contributed by atoms with Gasteiger partial charge in [0, 0.05) is 38.3 Å². The molecule has 0 bridgehead atoms. The van der Waals surface area contributed by atoms with E-state index in [0.717, 1.165) is 6.42 Å². The summed E-state index contributed by atoms with van der Waals surface area (Å²) in [6.07, 6.45) is 8.05. The topological polar surface area (TPSA) is 9.86 Å². The molecule has 214 valence electrons. The lowest BCUT2D eigenvalue weighted by atomic mass is 9.87. The molecule has 9 rings (SSSR count). The summed E-state index contributed by atoms with van der Waals surface area (Å²) in [5, 5.41) is 5.20. The Kier molecular flexibility index (Phi) is 5.73. The molecule has 0 amide bonds. The van der Waals surface area contributed by atoms with Crippen LogP contribution in [-0.2, 0) is 5.54 Å². The molecule has 1 aliphatic rings. The average Bonchev–Trinajstić information content (AvgIpc) is 3.63. The first-order valence-corrected chi connectivity index (χ1v) is 15.8. The van der Waals surface area contributed by atoms with Crippen molar-refractivity contribution >= 4 is 49.2 Å². The number of benzene rings is 6. The van der Waals surface area contributed by atoms with Gasteiger partial charge >= 0.3 is 0 Å². The van der Waals surface area contributed by atoms with E-state index < -0.39 is 0 Å². The zero-order valence-corrected chi connectivity index (χ0v) is 25.2. The van der Waals surface area contributed by atoms with E-state index >= 15 is 0 Å². The van der Waals surface area contributed by atoms with Crippen molar-refractivity contribution in [3.05, 3.63) is 169 Å². The van der Waals surface area contributed by atoms with Crippen LogP contribution >= 0.6 is 0 Å². The van der Waals surface area contributed by atoms with Crippen LogP contribution in [0.1, 0.15) is 18.9 Å². The summed E-state index contributed by atoms with van der Waals surface area (Å²) in [6, 6.07) is 52.9. The third-order valence-electron chi connectivity index (χ3n) is 9.68. The van der Waals surface area contributed by atoms with Crippen LogP contribution in [0.5, 0.6) is 0 Å². The molecule has 0 N–H and O–H groups in total. The van der Waals surface area contributed by atoms with Crippen molar-refractivity contribution in [1.29, 1.82) is 0 Å². The van der Waals surface area contributed by atoms with Crippen molar-refractivity contribution in [3.63, 3.8) is 0 Å². The second-order valence-corrected chi connectivity index (χ2v) is 12.4. The molecule has 1 atom stereocenters. The summed E-state index contributed by atoms with van der Waals surface area (Å²) in [5.41, 5.74) is 11.0. The van der Waals surface area contributed by atoms with Crippen LogP contribution in [0.2, 0.25) is 0 Å². The molecule has 0 radical (unpaired) electrons. The lowest BCUT2D eigenvalue weighted by Crippen LogP contribution is -2.28. The molecule has 0 saturated heterocycles. The van der Waals surface area contributed by atoms with Gasteiger partial charge in [-0.2, -0.15) is 0 Å². The SMILES string of the molecule is CC1(n2c3ccccc3c3ccccc32)C=CC(c2cccc(-c3ccc(-n4c5ccccc5c5ccccc54)cc3)c2)=CC1. The molecular formula is C43H32N2. The number of fused-ring (bicyclic) bond motifs is 6. The molecule has 45 heavy (non-hydrogen) atoms. The zero-order chi connectivity index (χ0) is 30.0. The predicted molar refractivity (Wildman–Crippen MR) is 191 cm³/mol. The minimum Gasteiger partial charge on any atom is -0.331 e. The Bertz CT molecular complexity index is 2360. The first-order chi connectivity index (χ1) is 22.2. The van der Waals surface area contributed by atoms with Crippen LogP contribution in [0.25, 0.3) is 66.0 Å². The first kappa shape index (κ1) is 25.9. The van der Waals surface area contributed by atoms with Crippen LogP contribution in [0.15, 0.2) is 164 Å². The van der Waals surface area contributed by atoms with E-state index in [-0.39, 0.29) is 5.54 Å². The van der Waals surface area contributed by atoms with E-state index in [0.29, 0.717) is 0 Å². The fourth-order valence-corrected chi connectivity index (χ4v) is 7.46. The molecule has 2 heteroatoms. The van der Waals surface area contributed by atoms with Crippen LogP contribution in [0.3, 0.4) is 0 Å². The quantitative estimate of drug-likeness (QED) is 0.197. The maximum absolute atomic E-state index is 2.52. The Balaban J connectivity index is 1.04. The molecular weight excluding hydrogens is 544 g/mol. The number of nitrogens with zero attached hydrogens (tertiary/aromatic N) is 2. The number of aromatic nitrogens is 2. The highest BCUT2D eigenvalue weighted by Crippen LogP contribution is 2.40. The molecule has 0 fully saturated rings. The number of hydrogen-bond donors (Lipinski definition) is 0. The van der Waals surface area contributed by atoms with E-state index in [1.165, 1.54) is 71.6 Å². The van der Waals surface area contributed by atoms with E-state index in [9.17, 15) is 0 Å². The number of allylic oxidation sites excluding steroid dienone is 4. The van der Waals surface area contributed by atoms with E-state index in [2.05, 4.69) is 180 Å². The normalized spacial score (nSPS) is 16.6. The first-order valence-electron chi connectivity index (χ1n) is 15.8. The lowest BCUT2D eigenvalue weighted by Gasteiger charge is -2.32. The molecule has 2 heterocycles. The molecule has 1 aliphatic carbocycles. The standard InChI is InChI=1S/C43H32N2/c1-43(45-41-19-8-4-15-37(41)38-16-5-9-20-42(38)45)27-25-31(26-28-43)33-12-10-11-32(29-33)30-21-23-34(24-22-30)44-39-17-6-2-13-35(39)36-14-3-7-18-40(36)44/h2-27,29H,28H2,1H3. The lowest BCUT2D eigenvalue weighted by molar-refractivity contribution is 0.438. The van der Waals surface area contributed by atoms with Gasteiger partial charge in [0.2, 0.25) is 0 Å². The smallest absolute Gasteiger partial charge is 0.0643 e. The molecule has 8 aromatic rings. The summed E-state index contributed by atoms with van der Waals surface area (Å²) in [7, 11) is 0. The molecule has 6 aromatic carbocycles. The Morgan fingerprint density at radius 1 is 0.489 bits per heavy atom. The fourth-order valence-electron chi connectivity index (χ4n) is 7.46. The van der Waals surface area contributed by atoms with E-state index in [1.807, 2.05) is 0 Å². The molecule has 0 spiro atoms. The van der Waals surface area contributed by atoms with Gasteiger partial charge in [0.25, 0.3) is 0 Å². The Morgan fingerprint density at radius 2 is 1.00 bits per heavy atom. The summed E-state index contributed by atoms with van der Waals surface area (Å²) < 4.78 is 4.90. The summed E-state index contributed by atoms with van der Waals surface area (Å²) in [4.78, 5) is 0. The second kappa shape index (κ2) is 9.97. The fraction of sp³-hybridized carbons (Fsp3) is 0.0698. The predicted octanol–water partition coefficient (Wildman–Crippen LogP) is 11.3. The number of hydrogen-bond acceptors (Lipinski definition) is 0. The minimum absolute atomic E-state index is 0.146. The molecule has 1 unspecified atom stereocenters. The van der Waals surface area contributed by atoms with Gasteiger partial charge < -0.3 is 9.13 Å². The van der Waals surface area contributed by atoms with E-state index in [1.54, 1.807) is 0 Å². The monoisotopic (exact) mass is 576 g/mol. The number of para-hydroxylation sites is 4. The highest BCUT2D eigenvalue weighted by atomic mass is 15.1. The summed E-state index contributed by atoms with van der Waals surface area (Å²) >= 11 is 0. The summed E-state index contributed by atoms with van der Waals surface area (Å²) in [6.45, 7) is 2.35. The summed E-state index contributed by atoms with van der Waals surface area (Å²) in [5.74, 6) is 0. The second-order valence-electron chi connectivity index (χ2n) is 12.4. The Labute approximate surface area is 262 Å². The van der Waals surface area contributed by atoms with Crippen LogP contribution < -0.4 is 0 Å². The van der Waals surface area contributed by atoms with Gasteiger partial charge in [-0.25, -0.2) is 0 Å². The van der Waals surface area contributed by atoms with Crippen LogP contribution in [-0.4, -0.2) is 9.13 Å². The highest BCUT2D eigenvalue weighted by molar-refractivity contribution is 6.09. The third-order valence-corrected chi connectivity index (χ3v) is 9.68. The van der Waals surface area contributed by atoms with Crippen molar-refractivity contribution in [2.75, 3.05) is 0 Å². The van der Waals surface area contributed by atoms with Crippen molar-refractivity contribution in [2.45, 2.75) is 18.9 Å². The van der Waals surface area contributed by atoms with Crippen LogP contribution in [0, 0.1) is 0 Å². The van der Waals surface area contributed by atoms with Gasteiger partial charge in [0.15, 0.2) is 0 Å². The molecule has 0 aliphatic heterocycles. The minimum atomic E-state index is -0.146. The van der Waals surface area contributed by atoms with Crippen molar-refractivity contribution in [1.82, 2.24) is 9.13 Å². The Hall–Kier alpha value is -5.60. The molecule has 2 aromatic heterocycles. The molecule has 2 nitrogen and oxygen atoms in total. The maximum Gasteiger partial charge on any atom is 0.0643 e. The maximum atomic E-state index is 2.52. The van der Waals surface area contributed by atoms with Gasteiger partial charge in [-0.05, 0) is 78.1 Å². The zero-order valence-electron chi connectivity index (χ0n) is 25.2. The third kappa shape index (κ3) is 4.03. The largest absolute Gasteiger partial charge is 0.331 e. The molecule has 0 saturated carbocycles. The van der Waals surface area contributed by atoms with Crippen molar-refractivity contribution in [3.8, 4) is 16.8 Å². The van der Waals surface area contributed by atoms with Gasteiger partial charge in [-0.1, -0.05) is 121 Å². The van der Waals surface area contributed by atoms with Crippen molar-refractivity contribution < 1.29 is 0 Å². The van der Waals surface area contributed by atoms with Gasteiger partial charge in [0.1, 0.15) is 0 Å². The van der Waals surface area contributed by atoms with Gasteiger partial charge in [-0.3, -0.25) is 0 Å².